The SMILES string of the molecule is O=C1CCC2CN(C(=O)c3cccnc3)CCC2N1. The highest BCUT2D eigenvalue weighted by Crippen LogP contribution is 2.26. The van der Waals surface area contributed by atoms with Gasteiger partial charge in [0.15, 0.2) is 0 Å². The summed E-state index contributed by atoms with van der Waals surface area (Å²) in [5.41, 5.74) is 0.640. The highest BCUT2D eigenvalue weighted by molar-refractivity contribution is 5.94. The number of hydrogen-bond donors (Lipinski definition) is 1. The minimum atomic E-state index is 0.0449. The van der Waals surface area contributed by atoms with Gasteiger partial charge in [-0.05, 0) is 30.9 Å². The normalized spacial score (nSPS) is 26.5. The van der Waals surface area contributed by atoms with Gasteiger partial charge in [-0.15, -0.1) is 0 Å². The van der Waals surface area contributed by atoms with Crippen molar-refractivity contribution in [2.75, 3.05) is 13.1 Å². The summed E-state index contributed by atoms with van der Waals surface area (Å²) in [6, 6.07) is 3.82. The summed E-state index contributed by atoms with van der Waals surface area (Å²) in [5, 5.41) is 3.03. The van der Waals surface area contributed by atoms with Gasteiger partial charge in [0, 0.05) is 37.9 Å². The Kier molecular flexibility index (Phi) is 3.19. The number of aromatic nitrogens is 1. The fourth-order valence-corrected chi connectivity index (χ4v) is 2.97. The van der Waals surface area contributed by atoms with Gasteiger partial charge < -0.3 is 10.2 Å². The summed E-state index contributed by atoms with van der Waals surface area (Å²) >= 11 is 0. The van der Waals surface area contributed by atoms with Crippen LogP contribution in [0.25, 0.3) is 0 Å². The van der Waals surface area contributed by atoms with E-state index in [1.807, 2.05) is 4.90 Å². The summed E-state index contributed by atoms with van der Waals surface area (Å²) in [4.78, 5) is 29.6. The van der Waals surface area contributed by atoms with E-state index >= 15 is 0 Å². The number of rotatable bonds is 1. The highest BCUT2D eigenvalue weighted by Gasteiger charge is 2.35. The molecular weight excluding hydrogens is 242 g/mol. The number of carbonyl (C=O) groups is 2. The lowest BCUT2D eigenvalue weighted by Gasteiger charge is -2.41. The molecule has 2 aliphatic rings. The maximum atomic E-state index is 12.3. The zero-order valence-electron chi connectivity index (χ0n) is 10.7. The molecule has 5 nitrogen and oxygen atoms in total. The Bertz CT molecular complexity index is 489. The van der Waals surface area contributed by atoms with Crippen molar-refractivity contribution in [1.82, 2.24) is 15.2 Å². The van der Waals surface area contributed by atoms with E-state index < -0.39 is 0 Å². The molecule has 2 saturated heterocycles. The predicted octanol–water partition coefficient (Wildman–Crippen LogP) is 0.822. The number of likely N-dealkylation sites (tertiary alicyclic amines) is 1. The molecule has 1 aromatic heterocycles. The van der Waals surface area contributed by atoms with Crippen LogP contribution in [0.4, 0.5) is 0 Å². The lowest BCUT2D eigenvalue weighted by atomic mass is 9.85. The summed E-state index contributed by atoms with van der Waals surface area (Å²) in [7, 11) is 0. The molecule has 2 unspecified atom stereocenters. The minimum absolute atomic E-state index is 0.0449. The van der Waals surface area contributed by atoms with Gasteiger partial charge in [0.05, 0.1) is 5.56 Å². The second kappa shape index (κ2) is 4.99. The van der Waals surface area contributed by atoms with Gasteiger partial charge in [-0.2, -0.15) is 0 Å². The Morgan fingerprint density at radius 1 is 1.42 bits per heavy atom. The third-order valence-corrected chi connectivity index (χ3v) is 4.02. The third-order valence-electron chi connectivity index (χ3n) is 4.02. The Labute approximate surface area is 112 Å². The second-order valence-electron chi connectivity index (χ2n) is 5.25. The monoisotopic (exact) mass is 259 g/mol. The van der Waals surface area contributed by atoms with E-state index in [4.69, 9.17) is 0 Å². The summed E-state index contributed by atoms with van der Waals surface area (Å²) < 4.78 is 0. The molecule has 2 aliphatic heterocycles. The van der Waals surface area contributed by atoms with E-state index in [0.717, 1.165) is 19.4 Å². The molecule has 0 bridgehead atoms. The quantitative estimate of drug-likeness (QED) is 0.812. The molecule has 19 heavy (non-hydrogen) atoms. The van der Waals surface area contributed by atoms with Gasteiger partial charge in [-0.25, -0.2) is 0 Å². The average Bonchev–Trinajstić information content (AvgIpc) is 2.47. The van der Waals surface area contributed by atoms with Gasteiger partial charge in [-0.1, -0.05) is 0 Å². The number of piperidine rings is 2. The number of hydrogen-bond acceptors (Lipinski definition) is 3. The van der Waals surface area contributed by atoms with Crippen molar-refractivity contribution in [2.45, 2.75) is 25.3 Å². The topological polar surface area (TPSA) is 62.3 Å². The molecule has 1 N–H and O–H groups in total. The zero-order chi connectivity index (χ0) is 13.2. The molecule has 3 heterocycles. The van der Waals surface area contributed by atoms with E-state index in [1.165, 1.54) is 0 Å². The summed E-state index contributed by atoms with van der Waals surface area (Å²) in [6.45, 7) is 1.44. The Morgan fingerprint density at radius 2 is 2.32 bits per heavy atom. The number of fused-ring (bicyclic) bond motifs is 1. The first-order valence-electron chi connectivity index (χ1n) is 6.73. The van der Waals surface area contributed by atoms with Crippen LogP contribution in [0.15, 0.2) is 24.5 Å². The maximum absolute atomic E-state index is 12.3. The van der Waals surface area contributed by atoms with Crippen molar-refractivity contribution >= 4 is 11.8 Å². The molecule has 2 atom stereocenters. The number of nitrogens with zero attached hydrogens (tertiary/aromatic N) is 2. The molecule has 3 rings (SSSR count). The minimum Gasteiger partial charge on any atom is -0.353 e. The fraction of sp³-hybridized carbons (Fsp3) is 0.500. The largest absolute Gasteiger partial charge is 0.353 e. The van der Waals surface area contributed by atoms with Crippen molar-refractivity contribution in [3.8, 4) is 0 Å². The van der Waals surface area contributed by atoms with Crippen molar-refractivity contribution in [1.29, 1.82) is 0 Å². The summed E-state index contributed by atoms with van der Waals surface area (Å²) in [5.74, 6) is 0.587. The van der Waals surface area contributed by atoms with Gasteiger partial charge >= 0.3 is 0 Å². The van der Waals surface area contributed by atoms with E-state index in [2.05, 4.69) is 10.3 Å². The van der Waals surface area contributed by atoms with Crippen LogP contribution in [0.2, 0.25) is 0 Å². The van der Waals surface area contributed by atoms with E-state index in [0.29, 0.717) is 24.4 Å². The maximum Gasteiger partial charge on any atom is 0.255 e. The van der Waals surface area contributed by atoms with Crippen LogP contribution < -0.4 is 5.32 Å². The first kappa shape index (κ1) is 12.1. The summed E-state index contributed by atoms with van der Waals surface area (Å²) in [6.07, 6.45) is 5.59. The van der Waals surface area contributed by atoms with Gasteiger partial charge in [-0.3, -0.25) is 14.6 Å². The van der Waals surface area contributed by atoms with Crippen LogP contribution in [-0.2, 0) is 4.79 Å². The Hall–Kier alpha value is -1.91. The molecule has 1 aromatic rings. The first-order chi connectivity index (χ1) is 9.24. The van der Waals surface area contributed by atoms with E-state index in [9.17, 15) is 9.59 Å². The standard InChI is InChI=1S/C14H17N3O2/c18-13-4-3-11-9-17(7-5-12(11)16-13)14(19)10-2-1-6-15-8-10/h1-2,6,8,11-12H,3-5,7,9H2,(H,16,18). The number of carbonyl (C=O) groups excluding carboxylic acids is 2. The Morgan fingerprint density at radius 3 is 3.11 bits per heavy atom. The zero-order valence-corrected chi connectivity index (χ0v) is 10.7. The van der Waals surface area contributed by atoms with Crippen LogP contribution in [0.3, 0.4) is 0 Å². The Balaban J connectivity index is 1.68. The molecule has 2 fully saturated rings. The van der Waals surface area contributed by atoms with Crippen LogP contribution in [0.1, 0.15) is 29.6 Å². The first-order valence-corrected chi connectivity index (χ1v) is 6.73. The van der Waals surface area contributed by atoms with Crippen molar-refractivity contribution < 1.29 is 9.59 Å². The van der Waals surface area contributed by atoms with Crippen LogP contribution >= 0.6 is 0 Å². The predicted molar refractivity (Wildman–Crippen MR) is 69.4 cm³/mol. The van der Waals surface area contributed by atoms with Gasteiger partial charge in [0.2, 0.25) is 5.91 Å². The molecular formula is C14H17N3O2. The van der Waals surface area contributed by atoms with Crippen LogP contribution in [0, 0.1) is 5.92 Å². The second-order valence-corrected chi connectivity index (χ2v) is 5.25. The number of nitrogens with one attached hydrogen (secondary N) is 1. The molecule has 100 valence electrons. The van der Waals surface area contributed by atoms with Gasteiger partial charge in [0.1, 0.15) is 0 Å². The highest BCUT2D eigenvalue weighted by atomic mass is 16.2. The van der Waals surface area contributed by atoms with Crippen molar-refractivity contribution in [2.24, 2.45) is 5.92 Å². The number of amides is 2. The molecule has 0 saturated carbocycles. The molecule has 0 radical (unpaired) electrons. The van der Waals surface area contributed by atoms with Crippen LogP contribution in [0.5, 0.6) is 0 Å². The molecule has 2 amide bonds. The molecule has 0 aliphatic carbocycles. The molecule has 0 spiro atoms. The smallest absolute Gasteiger partial charge is 0.255 e. The van der Waals surface area contributed by atoms with Crippen LogP contribution in [-0.4, -0.2) is 40.8 Å². The van der Waals surface area contributed by atoms with Gasteiger partial charge in [0.25, 0.3) is 5.91 Å². The van der Waals surface area contributed by atoms with Crippen molar-refractivity contribution in [3.05, 3.63) is 30.1 Å². The fourth-order valence-electron chi connectivity index (χ4n) is 2.97. The lowest BCUT2D eigenvalue weighted by Crippen LogP contribution is -2.55. The number of pyridine rings is 1. The van der Waals surface area contributed by atoms with Crippen molar-refractivity contribution in [3.63, 3.8) is 0 Å². The van der Waals surface area contributed by atoms with E-state index in [1.54, 1.807) is 24.5 Å². The molecule has 0 aromatic carbocycles. The lowest BCUT2D eigenvalue weighted by molar-refractivity contribution is -0.125. The average molecular weight is 259 g/mol. The van der Waals surface area contributed by atoms with E-state index in [-0.39, 0.29) is 17.9 Å². The molecule has 5 heteroatoms. The third kappa shape index (κ3) is 2.45.